The molecule has 0 heterocycles. The van der Waals surface area contributed by atoms with Crippen LogP contribution >= 0.6 is 15.9 Å². The van der Waals surface area contributed by atoms with Gasteiger partial charge in [-0.15, -0.1) is 0 Å². The molecule has 0 aliphatic heterocycles. The quantitative estimate of drug-likeness (QED) is 0.886. The van der Waals surface area contributed by atoms with E-state index in [1.807, 2.05) is 0 Å². The normalized spacial score (nSPS) is 13.2. The highest BCUT2D eigenvalue weighted by Crippen LogP contribution is 2.31. The van der Waals surface area contributed by atoms with Crippen molar-refractivity contribution in [3.8, 4) is 0 Å². The van der Waals surface area contributed by atoms with Gasteiger partial charge in [0.25, 0.3) is 5.91 Å². The third-order valence-corrected chi connectivity index (χ3v) is 3.12. The predicted molar refractivity (Wildman–Crippen MR) is 69.7 cm³/mol. The van der Waals surface area contributed by atoms with E-state index in [-0.39, 0.29) is 11.6 Å². The second-order valence-corrected chi connectivity index (χ2v) is 5.07. The van der Waals surface area contributed by atoms with Gasteiger partial charge in [-0.25, -0.2) is 0 Å². The fourth-order valence-corrected chi connectivity index (χ4v) is 1.81. The third kappa shape index (κ3) is 4.83. The van der Waals surface area contributed by atoms with Crippen LogP contribution in [0.1, 0.15) is 29.3 Å². The van der Waals surface area contributed by atoms with Gasteiger partial charge in [0.15, 0.2) is 0 Å². The minimum Gasteiger partial charge on any atom is -0.352 e. The molecule has 0 aliphatic rings. The maximum atomic E-state index is 12.6. The summed E-state index contributed by atoms with van der Waals surface area (Å²) in [4.78, 5) is 11.8. The van der Waals surface area contributed by atoms with E-state index >= 15 is 0 Å². The van der Waals surface area contributed by atoms with E-state index in [0.717, 1.165) is 12.1 Å². The molecule has 1 atom stereocenters. The van der Waals surface area contributed by atoms with Crippen LogP contribution in [0.15, 0.2) is 22.7 Å². The van der Waals surface area contributed by atoms with Gasteiger partial charge < -0.3 is 11.1 Å². The molecule has 0 aliphatic carbocycles. The van der Waals surface area contributed by atoms with Crippen molar-refractivity contribution in [3.63, 3.8) is 0 Å². The zero-order chi connectivity index (χ0) is 14.6. The Hall–Kier alpha value is -1.08. The number of hydrogen-bond acceptors (Lipinski definition) is 2. The zero-order valence-electron chi connectivity index (χ0n) is 10.2. The molecule has 0 saturated carbocycles. The van der Waals surface area contributed by atoms with Gasteiger partial charge in [0.1, 0.15) is 0 Å². The molecule has 0 fully saturated rings. The van der Waals surface area contributed by atoms with Crippen molar-refractivity contribution >= 4 is 21.8 Å². The molecule has 106 valence electrons. The monoisotopic (exact) mass is 338 g/mol. The first-order valence-corrected chi connectivity index (χ1v) is 6.41. The van der Waals surface area contributed by atoms with Crippen LogP contribution in [-0.4, -0.2) is 18.5 Å². The average molecular weight is 339 g/mol. The lowest BCUT2D eigenvalue weighted by atomic mass is 10.1. The fourth-order valence-electron chi connectivity index (χ4n) is 1.38. The SMILES string of the molecule is CC(N)CCNC(=O)c1cc(C(F)(F)F)ccc1Br. The molecule has 1 unspecified atom stereocenters. The minimum atomic E-state index is -4.47. The minimum absolute atomic E-state index is 0.0421. The molecule has 1 rings (SSSR count). The smallest absolute Gasteiger partial charge is 0.352 e. The summed E-state index contributed by atoms with van der Waals surface area (Å²) >= 11 is 3.07. The first kappa shape index (κ1) is 16.0. The second kappa shape index (κ2) is 6.38. The van der Waals surface area contributed by atoms with E-state index in [9.17, 15) is 18.0 Å². The predicted octanol–water partition coefficient (Wildman–Crippen LogP) is 2.94. The number of rotatable bonds is 4. The highest BCUT2D eigenvalue weighted by Gasteiger charge is 2.31. The first-order valence-electron chi connectivity index (χ1n) is 5.62. The van der Waals surface area contributed by atoms with Crippen LogP contribution in [0.4, 0.5) is 13.2 Å². The maximum absolute atomic E-state index is 12.6. The van der Waals surface area contributed by atoms with Crippen molar-refractivity contribution in [2.24, 2.45) is 5.73 Å². The largest absolute Gasteiger partial charge is 0.416 e. The van der Waals surface area contributed by atoms with Crippen molar-refractivity contribution in [1.29, 1.82) is 0 Å². The Labute approximate surface area is 117 Å². The molecule has 3 N–H and O–H groups in total. The van der Waals surface area contributed by atoms with Crippen molar-refractivity contribution in [3.05, 3.63) is 33.8 Å². The van der Waals surface area contributed by atoms with Crippen molar-refractivity contribution in [1.82, 2.24) is 5.32 Å². The number of hydrogen-bond donors (Lipinski definition) is 2. The van der Waals surface area contributed by atoms with E-state index in [4.69, 9.17) is 5.73 Å². The number of amides is 1. The van der Waals surface area contributed by atoms with Crippen molar-refractivity contribution in [2.75, 3.05) is 6.54 Å². The number of alkyl halides is 3. The summed E-state index contributed by atoms with van der Waals surface area (Å²) in [6.07, 6.45) is -3.91. The highest BCUT2D eigenvalue weighted by molar-refractivity contribution is 9.10. The topological polar surface area (TPSA) is 55.1 Å². The van der Waals surface area contributed by atoms with Crippen LogP contribution < -0.4 is 11.1 Å². The fraction of sp³-hybridized carbons (Fsp3) is 0.417. The standard InChI is InChI=1S/C12H14BrF3N2O/c1-7(17)4-5-18-11(19)9-6-8(12(14,15)16)2-3-10(9)13/h2-3,6-7H,4-5,17H2,1H3,(H,18,19). The van der Waals surface area contributed by atoms with E-state index in [1.54, 1.807) is 6.92 Å². The number of benzene rings is 1. The molecule has 1 aromatic carbocycles. The number of carbonyl (C=O) groups is 1. The van der Waals surface area contributed by atoms with Crippen LogP contribution in [0.3, 0.4) is 0 Å². The summed E-state index contributed by atoms with van der Waals surface area (Å²) in [5, 5.41) is 2.53. The van der Waals surface area contributed by atoms with Crippen molar-refractivity contribution in [2.45, 2.75) is 25.6 Å². The molecular formula is C12H14BrF3N2O. The Morgan fingerprint density at radius 2 is 2.11 bits per heavy atom. The Kier molecular flexibility index (Phi) is 5.37. The van der Waals surface area contributed by atoms with E-state index in [2.05, 4.69) is 21.2 Å². The summed E-state index contributed by atoms with van der Waals surface area (Å²) in [7, 11) is 0. The van der Waals surface area contributed by atoms with Crippen LogP contribution in [0.2, 0.25) is 0 Å². The molecule has 7 heteroatoms. The zero-order valence-corrected chi connectivity index (χ0v) is 11.8. The van der Waals surface area contributed by atoms with Gasteiger partial charge in [0, 0.05) is 17.1 Å². The summed E-state index contributed by atoms with van der Waals surface area (Å²) in [6.45, 7) is 2.10. The summed E-state index contributed by atoms with van der Waals surface area (Å²) in [6, 6.07) is 2.88. The number of halogens is 4. The Morgan fingerprint density at radius 3 is 2.63 bits per heavy atom. The van der Waals surface area contributed by atoms with Gasteiger partial charge in [-0.2, -0.15) is 13.2 Å². The molecule has 1 aromatic rings. The van der Waals surface area contributed by atoms with Crippen LogP contribution in [-0.2, 0) is 6.18 Å². The van der Waals surface area contributed by atoms with Gasteiger partial charge >= 0.3 is 6.18 Å². The summed E-state index contributed by atoms with van der Waals surface area (Å²) in [5.74, 6) is -0.557. The molecule has 3 nitrogen and oxygen atoms in total. The van der Waals surface area contributed by atoms with E-state index < -0.39 is 17.6 Å². The number of nitrogens with two attached hydrogens (primary N) is 1. The third-order valence-electron chi connectivity index (χ3n) is 2.42. The lowest BCUT2D eigenvalue weighted by Gasteiger charge is -2.11. The molecule has 0 aromatic heterocycles. The first-order chi connectivity index (χ1) is 8.71. The van der Waals surface area contributed by atoms with E-state index in [0.29, 0.717) is 17.4 Å². The molecule has 0 bridgehead atoms. The van der Waals surface area contributed by atoms with Crippen molar-refractivity contribution < 1.29 is 18.0 Å². The van der Waals surface area contributed by atoms with Crippen LogP contribution in [0, 0.1) is 0 Å². The average Bonchev–Trinajstić information content (AvgIpc) is 2.27. The van der Waals surface area contributed by atoms with Gasteiger partial charge in [-0.3, -0.25) is 4.79 Å². The molecular weight excluding hydrogens is 325 g/mol. The second-order valence-electron chi connectivity index (χ2n) is 4.21. The number of nitrogens with one attached hydrogen (secondary N) is 1. The summed E-state index contributed by atoms with van der Waals surface area (Å²) < 4.78 is 38.0. The molecule has 0 radical (unpaired) electrons. The van der Waals surface area contributed by atoms with Crippen LogP contribution in [0.25, 0.3) is 0 Å². The van der Waals surface area contributed by atoms with Gasteiger partial charge in [-0.05, 0) is 47.5 Å². The van der Waals surface area contributed by atoms with Crippen LogP contribution in [0.5, 0.6) is 0 Å². The molecule has 19 heavy (non-hydrogen) atoms. The van der Waals surface area contributed by atoms with Gasteiger partial charge in [-0.1, -0.05) is 0 Å². The van der Waals surface area contributed by atoms with E-state index in [1.165, 1.54) is 6.07 Å². The van der Waals surface area contributed by atoms with Gasteiger partial charge in [0.2, 0.25) is 0 Å². The molecule has 1 amide bonds. The number of carbonyl (C=O) groups excluding carboxylic acids is 1. The Morgan fingerprint density at radius 1 is 1.47 bits per heavy atom. The molecule has 0 saturated heterocycles. The Bertz CT molecular complexity index is 461. The lowest BCUT2D eigenvalue weighted by Crippen LogP contribution is -2.29. The summed E-state index contributed by atoms with van der Waals surface area (Å²) in [5.41, 5.74) is 4.62. The Balaban J connectivity index is 2.84. The molecule has 0 spiro atoms. The highest BCUT2D eigenvalue weighted by atomic mass is 79.9. The van der Waals surface area contributed by atoms with Gasteiger partial charge in [0.05, 0.1) is 11.1 Å². The maximum Gasteiger partial charge on any atom is 0.416 e. The lowest BCUT2D eigenvalue weighted by molar-refractivity contribution is -0.137.